The summed E-state index contributed by atoms with van der Waals surface area (Å²) in [4.78, 5) is 12.2. The Hall–Kier alpha value is -1.23. The smallest absolute Gasteiger partial charge is 0.244 e. The Morgan fingerprint density at radius 2 is 1.91 bits per heavy atom. The summed E-state index contributed by atoms with van der Waals surface area (Å²) in [6.07, 6.45) is 4.75. The van der Waals surface area contributed by atoms with E-state index in [0.717, 1.165) is 30.5 Å². The molecule has 4 nitrogen and oxygen atoms in total. The van der Waals surface area contributed by atoms with Crippen LogP contribution in [0.4, 0.5) is 5.69 Å². The Kier molecular flexibility index (Phi) is 8.67. The number of aromatic nitrogens is 1. The van der Waals surface area contributed by atoms with Crippen molar-refractivity contribution in [1.82, 2.24) is 4.57 Å². The van der Waals surface area contributed by atoms with Crippen molar-refractivity contribution in [1.29, 1.82) is 0 Å². The van der Waals surface area contributed by atoms with Gasteiger partial charge in [-0.05, 0) is 44.0 Å². The molecule has 1 atom stereocenters. The second-order valence-corrected chi connectivity index (χ2v) is 5.90. The van der Waals surface area contributed by atoms with E-state index in [1.54, 1.807) is 6.92 Å². The van der Waals surface area contributed by atoms with Gasteiger partial charge in [-0.2, -0.15) is 0 Å². The van der Waals surface area contributed by atoms with Crippen molar-refractivity contribution in [3.05, 3.63) is 30.5 Å². The minimum Gasteiger partial charge on any atom is -0.347 e. The minimum absolute atomic E-state index is 0. The Morgan fingerprint density at radius 3 is 2.52 bits per heavy atom. The van der Waals surface area contributed by atoms with E-state index in [-0.39, 0.29) is 30.7 Å². The van der Waals surface area contributed by atoms with Gasteiger partial charge in [0.1, 0.15) is 0 Å². The van der Waals surface area contributed by atoms with Crippen LogP contribution >= 0.6 is 24.8 Å². The summed E-state index contributed by atoms with van der Waals surface area (Å²) in [5.74, 6) is -0.128. The summed E-state index contributed by atoms with van der Waals surface area (Å²) < 4.78 is 2.23. The largest absolute Gasteiger partial charge is 0.347 e. The molecule has 0 spiro atoms. The number of nitrogens with zero attached hydrogens (tertiary/aromatic N) is 1. The molecular formula is C17H27Cl2N3O. The lowest BCUT2D eigenvalue weighted by atomic mass is 9.96. The Bertz CT molecular complexity index is 638. The number of carbonyl (C=O) groups excluding carboxylic acids is 1. The second kappa shape index (κ2) is 9.16. The van der Waals surface area contributed by atoms with Crippen LogP contribution in [0.5, 0.6) is 0 Å². The summed E-state index contributed by atoms with van der Waals surface area (Å²) in [6, 6.07) is 8.07. The number of anilines is 1. The van der Waals surface area contributed by atoms with Gasteiger partial charge >= 0.3 is 0 Å². The molecule has 0 bridgehead atoms. The normalized spacial score (nSPS) is 12.9. The molecule has 1 aromatic carbocycles. The summed E-state index contributed by atoms with van der Waals surface area (Å²) in [6.45, 7) is 6.98. The number of halogens is 2. The van der Waals surface area contributed by atoms with Crippen LogP contribution < -0.4 is 11.1 Å². The van der Waals surface area contributed by atoms with Gasteiger partial charge in [0.25, 0.3) is 0 Å². The highest BCUT2D eigenvalue weighted by molar-refractivity contribution is 5.99. The first-order valence-corrected chi connectivity index (χ1v) is 7.67. The summed E-state index contributed by atoms with van der Waals surface area (Å²) in [7, 11) is 0. The predicted octanol–water partition coefficient (Wildman–Crippen LogP) is 4.35. The molecule has 3 N–H and O–H groups in total. The van der Waals surface area contributed by atoms with Gasteiger partial charge in [0.15, 0.2) is 0 Å². The van der Waals surface area contributed by atoms with E-state index in [0.29, 0.717) is 6.42 Å². The van der Waals surface area contributed by atoms with Crippen molar-refractivity contribution in [2.24, 2.45) is 5.73 Å². The van der Waals surface area contributed by atoms with Crippen molar-refractivity contribution >= 4 is 47.3 Å². The molecule has 6 heteroatoms. The molecule has 0 aliphatic rings. The topological polar surface area (TPSA) is 60.0 Å². The maximum Gasteiger partial charge on any atom is 0.244 e. The Morgan fingerprint density at radius 1 is 1.22 bits per heavy atom. The standard InChI is InChI=1S/C17H25N3O.2ClH/c1-4-9-17(3,18)16(21)19-14-6-7-15-13(12-14)8-11-20(15)10-5-2;;/h6-8,11-12H,4-5,9-10,18H2,1-3H3,(H,19,21);2*1H. The number of fused-ring (bicyclic) bond motifs is 1. The maximum atomic E-state index is 12.2. The molecule has 0 fully saturated rings. The fraction of sp³-hybridized carbons (Fsp3) is 0.471. The molecule has 1 aromatic heterocycles. The molecule has 0 aliphatic heterocycles. The van der Waals surface area contributed by atoms with Crippen LogP contribution in [0.1, 0.15) is 40.0 Å². The average molecular weight is 360 g/mol. The van der Waals surface area contributed by atoms with Crippen molar-refractivity contribution in [2.45, 2.75) is 52.1 Å². The minimum atomic E-state index is -0.822. The van der Waals surface area contributed by atoms with Gasteiger partial charge in [-0.1, -0.05) is 20.3 Å². The van der Waals surface area contributed by atoms with E-state index in [1.807, 2.05) is 25.1 Å². The zero-order valence-electron chi connectivity index (χ0n) is 14.0. The van der Waals surface area contributed by atoms with Crippen LogP contribution in [0.25, 0.3) is 10.9 Å². The monoisotopic (exact) mass is 359 g/mol. The van der Waals surface area contributed by atoms with Crippen LogP contribution in [0, 0.1) is 0 Å². The van der Waals surface area contributed by atoms with E-state index in [9.17, 15) is 4.79 Å². The van der Waals surface area contributed by atoms with Crippen molar-refractivity contribution in [3.63, 3.8) is 0 Å². The molecule has 0 aliphatic carbocycles. The average Bonchev–Trinajstić information content (AvgIpc) is 2.82. The SMILES string of the molecule is CCCn1ccc2cc(NC(=O)C(C)(N)CCC)ccc21.Cl.Cl. The first-order chi connectivity index (χ1) is 9.97. The third kappa shape index (κ3) is 5.13. The Labute approximate surface area is 150 Å². The third-order valence-electron chi connectivity index (χ3n) is 3.78. The summed E-state index contributed by atoms with van der Waals surface area (Å²) in [5.41, 5.74) is 7.23. The number of nitrogens with two attached hydrogens (primary N) is 1. The molecule has 130 valence electrons. The zero-order valence-corrected chi connectivity index (χ0v) is 15.6. The highest BCUT2D eigenvalue weighted by atomic mass is 35.5. The first kappa shape index (κ1) is 21.8. The summed E-state index contributed by atoms with van der Waals surface area (Å²) >= 11 is 0. The van der Waals surface area contributed by atoms with Crippen molar-refractivity contribution in [3.8, 4) is 0 Å². The second-order valence-electron chi connectivity index (χ2n) is 5.90. The number of rotatable bonds is 6. The molecule has 1 amide bonds. The molecule has 0 saturated carbocycles. The molecule has 1 unspecified atom stereocenters. The highest BCUT2D eigenvalue weighted by Gasteiger charge is 2.27. The number of benzene rings is 1. The molecular weight excluding hydrogens is 333 g/mol. The van der Waals surface area contributed by atoms with E-state index >= 15 is 0 Å². The number of carbonyl (C=O) groups is 1. The van der Waals surface area contributed by atoms with E-state index in [4.69, 9.17) is 5.73 Å². The van der Waals surface area contributed by atoms with Gasteiger partial charge in [0.05, 0.1) is 5.54 Å². The summed E-state index contributed by atoms with van der Waals surface area (Å²) in [5, 5.41) is 4.06. The highest BCUT2D eigenvalue weighted by Crippen LogP contribution is 2.22. The van der Waals surface area contributed by atoms with Crippen LogP contribution in [0.3, 0.4) is 0 Å². The van der Waals surface area contributed by atoms with Gasteiger partial charge in [-0.3, -0.25) is 4.79 Å². The van der Waals surface area contributed by atoms with Gasteiger partial charge in [0, 0.05) is 29.3 Å². The van der Waals surface area contributed by atoms with Crippen molar-refractivity contribution in [2.75, 3.05) is 5.32 Å². The van der Waals surface area contributed by atoms with Gasteiger partial charge in [-0.25, -0.2) is 0 Å². The lowest BCUT2D eigenvalue weighted by Crippen LogP contribution is -2.48. The van der Waals surface area contributed by atoms with Gasteiger partial charge in [-0.15, -0.1) is 24.8 Å². The number of hydrogen-bond donors (Lipinski definition) is 2. The van der Waals surface area contributed by atoms with Crippen LogP contribution in [0.2, 0.25) is 0 Å². The van der Waals surface area contributed by atoms with Crippen LogP contribution in [-0.2, 0) is 11.3 Å². The van der Waals surface area contributed by atoms with Crippen molar-refractivity contribution < 1.29 is 4.79 Å². The van der Waals surface area contributed by atoms with E-state index in [1.165, 1.54) is 5.52 Å². The molecule has 0 saturated heterocycles. The lowest BCUT2D eigenvalue weighted by molar-refractivity contribution is -0.120. The third-order valence-corrected chi connectivity index (χ3v) is 3.78. The lowest BCUT2D eigenvalue weighted by Gasteiger charge is -2.22. The van der Waals surface area contributed by atoms with E-state index in [2.05, 4.69) is 29.1 Å². The molecule has 2 rings (SSSR count). The molecule has 23 heavy (non-hydrogen) atoms. The first-order valence-electron chi connectivity index (χ1n) is 7.67. The zero-order chi connectivity index (χ0) is 15.5. The molecule has 0 radical (unpaired) electrons. The quantitative estimate of drug-likeness (QED) is 0.805. The fourth-order valence-electron chi connectivity index (χ4n) is 2.62. The maximum absolute atomic E-state index is 12.2. The molecule has 2 aromatic rings. The van der Waals surface area contributed by atoms with Crippen LogP contribution in [0.15, 0.2) is 30.5 Å². The van der Waals surface area contributed by atoms with Crippen LogP contribution in [-0.4, -0.2) is 16.0 Å². The molecule has 1 heterocycles. The fourth-order valence-corrected chi connectivity index (χ4v) is 2.62. The van der Waals surface area contributed by atoms with Gasteiger partial charge < -0.3 is 15.6 Å². The number of hydrogen-bond acceptors (Lipinski definition) is 2. The number of nitrogens with one attached hydrogen (secondary N) is 1. The predicted molar refractivity (Wildman–Crippen MR) is 103 cm³/mol. The Balaban J connectivity index is 0.00000242. The van der Waals surface area contributed by atoms with Gasteiger partial charge in [0.2, 0.25) is 5.91 Å². The number of aryl methyl sites for hydroxylation is 1. The van der Waals surface area contributed by atoms with E-state index < -0.39 is 5.54 Å². The number of amides is 1.